The Morgan fingerprint density at radius 2 is 1.78 bits per heavy atom. The quantitative estimate of drug-likeness (QED) is 0.627. The van der Waals surface area contributed by atoms with Gasteiger partial charge in [-0.2, -0.15) is 0 Å². The van der Waals surface area contributed by atoms with Crippen LogP contribution >= 0.6 is 34.8 Å². The second kappa shape index (κ2) is 2.16. The smallest absolute Gasteiger partial charge is 0.198 e. The summed E-state index contributed by atoms with van der Waals surface area (Å²) in [5, 5.41) is 8.74. The topological polar surface area (TPSA) is 20.2 Å². The second-order valence-corrected chi connectivity index (χ2v) is 4.72. The van der Waals surface area contributed by atoms with E-state index in [1.807, 2.05) is 0 Å². The van der Waals surface area contributed by atoms with Gasteiger partial charge in [-0.3, -0.25) is 0 Å². The fourth-order valence-corrected chi connectivity index (χ4v) is 1.43. The maximum Gasteiger partial charge on any atom is 0.198 e. The molecule has 1 saturated carbocycles. The molecule has 0 aromatic heterocycles. The SMILES string of the molecule is OCC1(C(Cl)(Cl)Cl)CC1. The van der Waals surface area contributed by atoms with Crippen molar-refractivity contribution in [1.29, 1.82) is 0 Å². The van der Waals surface area contributed by atoms with Crippen molar-refractivity contribution in [3.63, 3.8) is 0 Å². The molecule has 0 aromatic carbocycles. The van der Waals surface area contributed by atoms with Gasteiger partial charge in [0.05, 0.1) is 6.61 Å². The Kier molecular flexibility index (Phi) is 1.90. The summed E-state index contributed by atoms with van der Waals surface area (Å²) >= 11 is 16.7. The van der Waals surface area contributed by atoms with Crippen molar-refractivity contribution in [2.75, 3.05) is 6.61 Å². The zero-order valence-electron chi connectivity index (χ0n) is 4.70. The third-order valence-corrected chi connectivity index (χ3v) is 2.96. The van der Waals surface area contributed by atoms with E-state index < -0.39 is 9.21 Å². The molecule has 0 amide bonds. The first-order valence-electron chi connectivity index (χ1n) is 2.69. The van der Waals surface area contributed by atoms with Crippen LogP contribution in [-0.2, 0) is 0 Å². The van der Waals surface area contributed by atoms with E-state index in [4.69, 9.17) is 39.9 Å². The van der Waals surface area contributed by atoms with Gasteiger partial charge in [0.15, 0.2) is 3.79 Å². The molecule has 0 saturated heterocycles. The molecule has 1 N–H and O–H groups in total. The van der Waals surface area contributed by atoms with E-state index in [0.29, 0.717) is 0 Å². The van der Waals surface area contributed by atoms with Crippen LogP contribution in [0.15, 0.2) is 0 Å². The Bertz CT molecular complexity index is 114. The molecule has 0 bridgehead atoms. The van der Waals surface area contributed by atoms with E-state index in [0.717, 1.165) is 12.8 Å². The average molecular weight is 189 g/mol. The minimum absolute atomic E-state index is 0.0243. The maximum atomic E-state index is 8.74. The number of alkyl halides is 3. The lowest BCUT2D eigenvalue weighted by Gasteiger charge is -2.20. The van der Waals surface area contributed by atoms with Gasteiger partial charge in [0, 0.05) is 5.41 Å². The number of rotatable bonds is 1. The number of hydrogen-bond donors (Lipinski definition) is 1. The van der Waals surface area contributed by atoms with Crippen molar-refractivity contribution in [2.45, 2.75) is 16.6 Å². The van der Waals surface area contributed by atoms with Crippen LogP contribution in [0.25, 0.3) is 0 Å². The summed E-state index contributed by atoms with van der Waals surface area (Å²) in [5.41, 5.74) is -0.419. The monoisotopic (exact) mass is 188 g/mol. The number of aliphatic hydroxyl groups excluding tert-OH is 1. The molecular formula is C5H7Cl3O. The Morgan fingerprint density at radius 1 is 1.33 bits per heavy atom. The minimum atomic E-state index is -1.28. The molecule has 0 spiro atoms. The van der Waals surface area contributed by atoms with Crippen molar-refractivity contribution in [3.8, 4) is 0 Å². The highest BCUT2D eigenvalue weighted by Gasteiger charge is 2.57. The molecule has 1 fully saturated rings. The molecule has 0 aromatic rings. The average Bonchev–Trinajstić information content (AvgIpc) is 2.40. The van der Waals surface area contributed by atoms with Gasteiger partial charge in [-0.05, 0) is 12.8 Å². The highest BCUT2D eigenvalue weighted by Crippen LogP contribution is 2.60. The Balaban J connectivity index is 2.60. The summed E-state index contributed by atoms with van der Waals surface area (Å²) in [7, 11) is 0. The van der Waals surface area contributed by atoms with Crippen LogP contribution in [0.3, 0.4) is 0 Å². The summed E-state index contributed by atoms with van der Waals surface area (Å²) < 4.78 is -1.28. The zero-order chi connectivity index (χ0) is 7.12. The summed E-state index contributed by atoms with van der Waals surface area (Å²) in [5.74, 6) is 0. The highest BCUT2D eigenvalue weighted by molar-refractivity contribution is 6.68. The van der Waals surface area contributed by atoms with Crippen LogP contribution < -0.4 is 0 Å². The molecule has 1 rings (SSSR count). The summed E-state index contributed by atoms with van der Waals surface area (Å²) in [4.78, 5) is 0. The van der Waals surface area contributed by atoms with Gasteiger partial charge in [-0.15, -0.1) is 0 Å². The Labute approximate surface area is 68.9 Å². The maximum absolute atomic E-state index is 8.74. The zero-order valence-corrected chi connectivity index (χ0v) is 6.97. The van der Waals surface area contributed by atoms with Gasteiger partial charge < -0.3 is 5.11 Å². The molecule has 0 atom stereocenters. The normalized spacial score (nSPS) is 24.0. The summed E-state index contributed by atoms with van der Waals surface area (Å²) in [6.45, 7) is -0.0243. The lowest BCUT2D eigenvalue weighted by molar-refractivity contribution is 0.214. The molecular weight excluding hydrogens is 182 g/mol. The molecule has 0 radical (unpaired) electrons. The molecule has 1 nitrogen and oxygen atoms in total. The fourth-order valence-electron chi connectivity index (χ4n) is 0.682. The summed E-state index contributed by atoms with van der Waals surface area (Å²) in [6.07, 6.45) is 1.64. The van der Waals surface area contributed by atoms with E-state index >= 15 is 0 Å². The molecule has 54 valence electrons. The molecule has 4 heteroatoms. The van der Waals surface area contributed by atoms with Crippen LogP contribution in [0.4, 0.5) is 0 Å². The van der Waals surface area contributed by atoms with Crippen molar-refractivity contribution in [1.82, 2.24) is 0 Å². The van der Waals surface area contributed by atoms with Gasteiger partial charge in [0.1, 0.15) is 0 Å². The van der Waals surface area contributed by atoms with Crippen LogP contribution in [0.5, 0.6) is 0 Å². The van der Waals surface area contributed by atoms with Crippen molar-refractivity contribution in [3.05, 3.63) is 0 Å². The van der Waals surface area contributed by atoms with E-state index in [2.05, 4.69) is 0 Å². The first kappa shape index (κ1) is 7.93. The molecule has 1 aliphatic rings. The molecule has 9 heavy (non-hydrogen) atoms. The largest absolute Gasteiger partial charge is 0.396 e. The van der Waals surface area contributed by atoms with Gasteiger partial charge >= 0.3 is 0 Å². The van der Waals surface area contributed by atoms with Crippen LogP contribution in [0, 0.1) is 5.41 Å². The Hall–Kier alpha value is 0.830. The lowest BCUT2D eigenvalue weighted by atomic mass is 10.1. The molecule has 1 aliphatic carbocycles. The van der Waals surface area contributed by atoms with Gasteiger partial charge in [-0.25, -0.2) is 0 Å². The van der Waals surface area contributed by atoms with E-state index in [1.165, 1.54) is 0 Å². The van der Waals surface area contributed by atoms with Crippen molar-refractivity contribution in [2.24, 2.45) is 5.41 Å². The van der Waals surface area contributed by atoms with E-state index in [-0.39, 0.29) is 6.61 Å². The van der Waals surface area contributed by atoms with Crippen LogP contribution in [-0.4, -0.2) is 15.5 Å². The Morgan fingerprint density at radius 3 is 1.78 bits per heavy atom. The first-order valence-corrected chi connectivity index (χ1v) is 3.83. The number of hydrogen-bond acceptors (Lipinski definition) is 1. The van der Waals surface area contributed by atoms with Crippen LogP contribution in [0.1, 0.15) is 12.8 Å². The predicted octanol–water partition coefficient (Wildman–Crippen LogP) is 2.13. The third kappa shape index (κ3) is 1.30. The lowest BCUT2D eigenvalue weighted by Crippen LogP contribution is -2.24. The summed E-state index contributed by atoms with van der Waals surface area (Å²) in [6, 6.07) is 0. The molecule has 0 aliphatic heterocycles. The van der Waals surface area contributed by atoms with Gasteiger partial charge in [0.25, 0.3) is 0 Å². The fraction of sp³-hybridized carbons (Fsp3) is 1.00. The second-order valence-electron chi connectivity index (χ2n) is 2.44. The van der Waals surface area contributed by atoms with Crippen molar-refractivity contribution < 1.29 is 5.11 Å². The molecule has 0 unspecified atom stereocenters. The van der Waals surface area contributed by atoms with Crippen molar-refractivity contribution >= 4 is 34.8 Å². The highest BCUT2D eigenvalue weighted by atomic mass is 35.6. The minimum Gasteiger partial charge on any atom is -0.396 e. The van der Waals surface area contributed by atoms with E-state index in [9.17, 15) is 0 Å². The standard InChI is InChI=1S/C5H7Cl3O/c6-5(7,8)4(3-9)1-2-4/h9H,1-3H2. The number of halogens is 3. The van der Waals surface area contributed by atoms with Crippen LogP contribution in [0.2, 0.25) is 0 Å². The third-order valence-electron chi connectivity index (χ3n) is 1.76. The van der Waals surface area contributed by atoms with Gasteiger partial charge in [-0.1, -0.05) is 34.8 Å². The first-order chi connectivity index (χ1) is 4.02. The predicted molar refractivity (Wildman–Crippen MR) is 39.0 cm³/mol. The molecule has 0 heterocycles. The van der Waals surface area contributed by atoms with E-state index in [1.54, 1.807) is 0 Å². The van der Waals surface area contributed by atoms with Gasteiger partial charge in [0.2, 0.25) is 0 Å². The number of aliphatic hydroxyl groups is 1.